The molecule has 0 spiro atoms. The van der Waals surface area contributed by atoms with Crippen molar-refractivity contribution in [3.8, 4) is 5.75 Å². The van der Waals surface area contributed by atoms with E-state index in [0.717, 1.165) is 23.1 Å². The van der Waals surface area contributed by atoms with Crippen molar-refractivity contribution >= 4 is 21.6 Å². The van der Waals surface area contributed by atoms with Gasteiger partial charge in [0.1, 0.15) is 12.4 Å². The average Bonchev–Trinajstić information content (AvgIpc) is 2.55. The summed E-state index contributed by atoms with van der Waals surface area (Å²) >= 11 is 0. The standard InChI is InChI=1S/C19H24N2O4S/c1-13-9-10-16(11-17(13)21-26(4,23)24)19(22)20-15(3)12-25-18-8-6-5-7-14(18)2/h5-11,15,21H,12H2,1-4H3,(H,20,22)/t15-/m0/s1. The van der Waals surface area contributed by atoms with Crippen molar-refractivity contribution in [2.45, 2.75) is 26.8 Å². The van der Waals surface area contributed by atoms with Gasteiger partial charge in [0.25, 0.3) is 5.91 Å². The lowest BCUT2D eigenvalue weighted by atomic mass is 10.1. The van der Waals surface area contributed by atoms with Crippen molar-refractivity contribution in [3.63, 3.8) is 0 Å². The van der Waals surface area contributed by atoms with Gasteiger partial charge in [-0.15, -0.1) is 0 Å². The third-order valence-corrected chi connectivity index (χ3v) is 4.35. The zero-order valence-electron chi connectivity index (χ0n) is 15.4. The molecule has 2 N–H and O–H groups in total. The number of para-hydroxylation sites is 1. The molecule has 0 fully saturated rings. The molecule has 6 nitrogen and oxygen atoms in total. The van der Waals surface area contributed by atoms with E-state index >= 15 is 0 Å². The molecule has 0 bridgehead atoms. The normalized spacial score (nSPS) is 12.3. The number of anilines is 1. The van der Waals surface area contributed by atoms with Gasteiger partial charge in [-0.05, 0) is 50.1 Å². The van der Waals surface area contributed by atoms with Crippen molar-refractivity contribution < 1.29 is 17.9 Å². The van der Waals surface area contributed by atoms with Crippen LogP contribution in [0.4, 0.5) is 5.69 Å². The van der Waals surface area contributed by atoms with E-state index in [1.807, 2.05) is 38.1 Å². The Kier molecular flexibility index (Phi) is 6.26. The number of rotatable bonds is 7. The minimum Gasteiger partial charge on any atom is -0.491 e. The molecule has 1 atom stereocenters. The topological polar surface area (TPSA) is 84.5 Å². The summed E-state index contributed by atoms with van der Waals surface area (Å²) in [5.41, 5.74) is 2.54. The molecule has 0 saturated heterocycles. The maximum absolute atomic E-state index is 12.4. The number of amides is 1. The molecule has 0 saturated carbocycles. The predicted octanol–water partition coefficient (Wildman–Crippen LogP) is 2.87. The van der Waals surface area contributed by atoms with Crippen LogP contribution in [0.1, 0.15) is 28.4 Å². The largest absolute Gasteiger partial charge is 0.491 e. The Balaban J connectivity index is 2.00. The number of sulfonamides is 1. The number of nitrogens with one attached hydrogen (secondary N) is 2. The predicted molar refractivity (Wildman–Crippen MR) is 103 cm³/mol. The van der Waals surface area contributed by atoms with Crippen LogP contribution >= 0.6 is 0 Å². The SMILES string of the molecule is Cc1ccc(C(=O)N[C@@H](C)COc2ccccc2C)cc1NS(C)(=O)=O. The van der Waals surface area contributed by atoms with Crippen molar-refractivity contribution in [3.05, 3.63) is 59.2 Å². The highest BCUT2D eigenvalue weighted by Gasteiger charge is 2.13. The minimum atomic E-state index is -3.41. The van der Waals surface area contributed by atoms with Crippen LogP contribution in [0.3, 0.4) is 0 Å². The molecule has 0 aromatic heterocycles. The second-order valence-corrected chi connectivity index (χ2v) is 8.10. The van der Waals surface area contributed by atoms with Gasteiger partial charge < -0.3 is 10.1 Å². The fraction of sp³-hybridized carbons (Fsp3) is 0.316. The van der Waals surface area contributed by atoms with E-state index in [1.54, 1.807) is 19.1 Å². The van der Waals surface area contributed by atoms with E-state index in [0.29, 0.717) is 17.9 Å². The molecule has 26 heavy (non-hydrogen) atoms. The van der Waals surface area contributed by atoms with E-state index in [-0.39, 0.29) is 11.9 Å². The summed E-state index contributed by atoms with van der Waals surface area (Å²) in [5.74, 6) is 0.492. The highest BCUT2D eigenvalue weighted by molar-refractivity contribution is 7.92. The van der Waals surface area contributed by atoms with Crippen LogP contribution in [-0.4, -0.2) is 33.2 Å². The van der Waals surface area contributed by atoms with Crippen LogP contribution < -0.4 is 14.8 Å². The lowest BCUT2D eigenvalue weighted by molar-refractivity contribution is 0.0926. The molecule has 1 amide bonds. The first kappa shape index (κ1) is 19.8. The Morgan fingerprint density at radius 2 is 1.81 bits per heavy atom. The molecule has 0 radical (unpaired) electrons. The van der Waals surface area contributed by atoms with Gasteiger partial charge in [0, 0.05) is 5.56 Å². The molecule has 0 heterocycles. The summed E-state index contributed by atoms with van der Waals surface area (Å²) in [6, 6.07) is 12.4. The summed E-state index contributed by atoms with van der Waals surface area (Å²) in [7, 11) is -3.41. The van der Waals surface area contributed by atoms with E-state index in [1.165, 1.54) is 6.07 Å². The van der Waals surface area contributed by atoms with Gasteiger partial charge in [0.15, 0.2) is 0 Å². The van der Waals surface area contributed by atoms with Crippen LogP contribution in [0.15, 0.2) is 42.5 Å². The highest BCUT2D eigenvalue weighted by Crippen LogP contribution is 2.19. The van der Waals surface area contributed by atoms with Crippen LogP contribution in [0.5, 0.6) is 5.75 Å². The summed E-state index contributed by atoms with van der Waals surface area (Å²) in [5, 5.41) is 2.85. The van der Waals surface area contributed by atoms with Crippen molar-refractivity contribution in [1.29, 1.82) is 0 Å². The lowest BCUT2D eigenvalue weighted by Gasteiger charge is -2.17. The van der Waals surface area contributed by atoms with Gasteiger partial charge in [0.05, 0.1) is 18.0 Å². The smallest absolute Gasteiger partial charge is 0.251 e. The van der Waals surface area contributed by atoms with Gasteiger partial charge >= 0.3 is 0 Å². The molecule has 0 aliphatic carbocycles. The number of hydrogen-bond acceptors (Lipinski definition) is 4. The Morgan fingerprint density at radius 1 is 1.12 bits per heavy atom. The third-order valence-electron chi connectivity index (χ3n) is 3.76. The average molecular weight is 376 g/mol. The fourth-order valence-corrected chi connectivity index (χ4v) is 2.97. The molecular formula is C19H24N2O4S. The molecule has 2 aromatic carbocycles. The maximum atomic E-state index is 12.4. The summed E-state index contributed by atoms with van der Waals surface area (Å²) in [6.07, 6.45) is 1.07. The van der Waals surface area contributed by atoms with E-state index in [2.05, 4.69) is 10.0 Å². The first-order chi connectivity index (χ1) is 12.2. The van der Waals surface area contributed by atoms with Gasteiger partial charge in [-0.2, -0.15) is 0 Å². The molecule has 2 aromatic rings. The molecule has 140 valence electrons. The van der Waals surface area contributed by atoms with Gasteiger partial charge in [0.2, 0.25) is 10.0 Å². The zero-order valence-corrected chi connectivity index (χ0v) is 16.2. The number of carbonyl (C=O) groups excluding carboxylic acids is 1. The van der Waals surface area contributed by atoms with Crippen LogP contribution in [-0.2, 0) is 10.0 Å². The second kappa shape index (κ2) is 8.23. The van der Waals surface area contributed by atoms with Crippen molar-refractivity contribution in [2.24, 2.45) is 0 Å². The van der Waals surface area contributed by atoms with Gasteiger partial charge in [-0.1, -0.05) is 24.3 Å². The van der Waals surface area contributed by atoms with Crippen molar-refractivity contribution in [2.75, 3.05) is 17.6 Å². The number of ether oxygens (including phenoxy) is 1. The highest BCUT2D eigenvalue weighted by atomic mass is 32.2. The Morgan fingerprint density at radius 3 is 2.46 bits per heavy atom. The van der Waals surface area contributed by atoms with Crippen LogP contribution in [0.2, 0.25) is 0 Å². The van der Waals surface area contributed by atoms with E-state index in [4.69, 9.17) is 4.74 Å². The molecule has 0 unspecified atom stereocenters. The van der Waals surface area contributed by atoms with Gasteiger partial charge in [-0.25, -0.2) is 8.42 Å². The summed E-state index contributed by atoms with van der Waals surface area (Å²) in [6.45, 7) is 5.91. The number of carbonyl (C=O) groups is 1. The van der Waals surface area contributed by atoms with Crippen LogP contribution in [0, 0.1) is 13.8 Å². The Labute approximate surface area is 154 Å². The monoisotopic (exact) mass is 376 g/mol. The first-order valence-corrected chi connectivity index (χ1v) is 10.1. The molecule has 0 aliphatic rings. The van der Waals surface area contributed by atoms with Crippen molar-refractivity contribution in [1.82, 2.24) is 5.32 Å². The molecular weight excluding hydrogens is 352 g/mol. The van der Waals surface area contributed by atoms with Gasteiger partial charge in [-0.3, -0.25) is 9.52 Å². The third kappa shape index (κ3) is 5.77. The first-order valence-electron chi connectivity index (χ1n) is 8.23. The molecule has 0 aliphatic heterocycles. The minimum absolute atomic E-state index is 0.213. The Hall–Kier alpha value is -2.54. The zero-order chi connectivity index (χ0) is 19.3. The lowest BCUT2D eigenvalue weighted by Crippen LogP contribution is -2.36. The molecule has 7 heteroatoms. The Bertz CT molecular complexity index is 894. The second-order valence-electron chi connectivity index (χ2n) is 6.35. The van der Waals surface area contributed by atoms with Crippen LogP contribution in [0.25, 0.3) is 0 Å². The number of benzene rings is 2. The quantitative estimate of drug-likeness (QED) is 0.778. The number of aryl methyl sites for hydroxylation is 2. The van der Waals surface area contributed by atoms with E-state index in [9.17, 15) is 13.2 Å². The summed E-state index contributed by atoms with van der Waals surface area (Å²) < 4.78 is 31.0. The number of hydrogen-bond donors (Lipinski definition) is 2. The maximum Gasteiger partial charge on any atom is 0.251 e. The summed E-state index contributed by atoms with van der Waals surface area (Å²) in [4.78, 5) is 12.4. The fourth-order valence-electron chi connectivity index (χ4n) is 2.35. The molecule has 2 rings (SSSR count). The van der Waals surface area contributed by atoms with E-state index < -0.39 is 10.0 Å².